The molecule has 1 aromatic heterocycles. The number of hydrogen-bond acceptors (Lipinski definition) is 4. The van der Waals surface area contributed by atoms with Crippen molar-refractivity contribution in [2.75, 3.05) is 0 Å². The zero-order chi connectivity index (χ0) is 13.9. The van der Waals surface area contributed by atoms with Gasteiger partial charge >= 0.3 is 6.36 Å². The lowest BCUT2D eigenvalue weighted by Gasteiger charge is -2.14. The van der Waals surface area contributed by atoms with Gasteiger partial charge in [0, 0.05) is 6.07 Å². The summed E-state index contributed by atoms with van der Waals surface area (Å²) < 4.78 is 64.6. The smallest absolute Gasteiger partial charge is 0.405 e. The normalized spacial score (nSPS) is 11.4. The maximum absolute atomic E-state index is 12.6. The van der Waals surface area contributed by atoms with Gasteiger partial charge in [-0.25, -0.2) is 13.8 Å². The van der Waals surface area contributed by atoms with Gasteiger partial charge in [-0.1, -0.05) is 0 Å². The molecule has 0 amide bonds. The number of rotatable bonds is 3. The number of aliphatic hydroxyl groups excluding tert-OH is 1. The average Bonchev–Trinajstić information content (AvgIpc) is 2.25. The molecule has 0 saturated heterocycles. The Kier molecular flexibility index (Phi) is 4.03. The van der Waals surface area contributed by atoms with Crippen LogP contribution < -0.4 is 4.74 Å². The lowest BCUT2D eigenvalue weighted by Crippen LogP contribution is -2.19. The Bertz CT molecular complexity index is 481. The predicted octanol–water partition coefficient (Wildman–Crippen LogP) is 2.28. The number of ether oxygens (including phenoxy) is 1. The topological polar surface area (TPSA) is 66.1 Å². The highest BCUT2D eigenvalue weighted by molar-refractivity contribution is 5.44. The van der Waals surface area contributed by atoms with Gasteiger partial charge in [0.25, 0.3) is 6.43 Å². The second-order valence-corrected chi connectivity index (χ2v) is 2.99. The molecule has 1 rings (SSSR count). The van der Waals surface area contributed by atoms with Gasteiger partial charge in [0.15, 0.2) is 5.69 Å². The number of alkyl halides is 5. The van der Waals surface area contributed by atoms with Crippen LogP contribution in [0, 0.1) is 11.3 Å². The molecule has 98 valence electrons. The summed E-state index contributed by atoms with van der Waals surface area (Å²) in [5, 5.41) is 17.3. The fraction of sp³-hybridized carbons (Fsp3) is 0.333. The Hall–Kier alpha value is -1.95. The molecule has 1 aromatic rings. The highest BCUT2D eigenvalue weighted by atomic mass is 19.4. The van der Waals surface area contributed by atoms with Gasteiger partial charge in [-0.3, -0.25) is 0 Å². The van der Waals surface area contributed by atoms with Crippen LogP contribution >= 0.6 is 0 Å². The van der Waals surface area contributed by atoms with Gasteiger partial charge < -0.3 is 9.84 Å². The van der Waals surface area contributed by atoms with Gasteiger partial charge in [-0.05, 0) is 0 Å². The second kappa shape index (κ2) is 5.14. The first-order valence-corrected chi connectivity index (χ1v) is 4.37. The first-order valence-electron chi connectivity index (χ1n) is 4.37. The SMILES string of the molecule is N#Cc1nc(CO)cc(OC(F)(F)F)c1C(F)F. The monoisotopic (exact) mass is 268 g/mol. The van der Waals surface area contributed by atoms with E-state index < -0.39 is 36.4 Å². The maximum Gasteiger partial charge on any atom is 0.573 e. The molecule has 9 heteroatoms. The van der Waals surface area contributed by atoms with Crippen LogP contribution in [-0.4, -0.2) is 16.5 Å². The van der Waals surface area contributed by atoms with Crippen LogP contribution in [0.4, 0.5) is 22.0 Å². The molecule has 4 nitrogen and oxygen atoms in total. The molecule has 1 heterocycles. The Morgan fingerprint density at radius 3 is 2.44 bits per heavy atom. The molecule has 18 heavy (non-hydrogen) atoms. The Morgan fingerprint density at radius 1 is 1.44 bits per heavy atom. The van der Waals surface area contributed by atoms with Gasteiger partial charge in [-0.2, -0.15) is 5.26 Å². The molecule has 0 aromatic carbocycles. The summed E-state index contributed by atoms with van der Waals surface area (Å²) in [6.07, 6.45) is -8.55. The van der Waals surface area contributed by atoms with Crippen molar-refractivity contribution in [2.45, 2.75) is 19.4 Å². The van der Waals surface area contributed by atoms with Crippen LogP contribution in [0.2, 0.25) is 0 Å². The summed E-state index contributed by atoms with van der Waals surface area (Å²) in [7, 11) is 0. The van der Waals surface area contributed by atoms with E-state index in [1.54, 1.807) is 0 Å². The summed E-state index contributed by atoms with van der Waals surface area (Å²) in [5.41, 5.74) is -2.56. The third-order valence-electron chi connectivity index (χ3n) is 1.79. The molecule has 0 aliphatic carbocycles. The Labute approximate surface area is 97.2 Å². The molecule has 0 fully saturated rings. The van der Waals surface area contributed by atoms with Crippen molar-refractivity contribution in [2.24, 2.45) is 0 Å². The van der Waals surface area contributed by atoms with E-state index >= 15 is 0 Å². The molecule has 1 N–H and O–H groups in total. The molecule has 0 spiro atoms. The molecular formula is C9H5F5N2O2. The molecule has 0 saturated carbocycles. The van der Waals surface area contributed by atoms with Crippen molar-refractivity contribution in [1.29, 1.82) is 5.26 Å². The van der Waals surface area contributed by atoms with Crippen LogP contribution in [0.25, 0.3) is 0 Å². The molecule has 0 unspecified atom stereocenters. The molecule has 0 atom stereocenters. The maximum atomic E-state index is 12.6. The lowest BCUT2D eigenvalue weighted by molar-refractivity contribution is -0.275. The number of hydrogen-bond donors (Lipinski definition) is 1. The van der Waals surface area contributed by atoms with E-state index in [4.69, 9.17) is 10.4 Å². The van der Waals surface area contributed by atoms with Gasteiger partial charge in [0.2, 0.25) is 0 Å². The molecular weight excluding hydrogens is 263 g/mol. The van der Waals surface area contributed by atoms with Crippen molar-refractivity contribution in [3.8, 4) is 11.8 Å². The highest BCUT2D eigenvalue weighted by Gasteiger charge is 2.34. The summed E-state index contributed by atoms with van der Waals surface area (Å²) in [4.78, 5) is 3.28. The fourth-order valence-electron chi connectivity index (χ4n) is 1.17. The van der Waals surface area contributed by atoms with Crippen LogP contribution in [0.15, 0.2) is 6.07 Å². The molecule has 0 radical (unpaired) electrons. The van der Waals surface area contributed by atoms with E-state index in [0.29, 0.717) is 6.07 Å². The number of nitrogens with zero attached hydrogens (tertiary/aromatic N) is 2. The largest absolute Gasteiger partial charge is 0.573 e. The van der Waals surface area contributed by atoms with Crippen LogP contribution in [-0.2, 0) is 6.61 Å². The van der Waals surface area contributed by atoms with Gasteiger partial charge in [-0.15, -0.1) is 13.2 Å². The number of nitriles is 1. The Balaban J connectivity index is 3.41. The van der Waals surface area contributed by atoms with E-state index in [9.17, 15) is 22.0 Å². The summed E-state index contributed by atoms with van der Waals surface area (Å²) in [6, 6.07) is 1.74. The van der Waals surface area contributed by atoms with E-state index in [0.717, 1.165) is 0 Å². The first kappa shape index (κ1) is 14.1. The van der Waals surface area contributed by atoms with Crippen LogP contribution in [0.3, 0.4) is 0 Å². The van der Waals surface area contributed by atoms with Crippen molar-refractivity contribution < 1.29 is 31.8 Å². The average molecular weight is 268 g/mol. The number of aliphatic hydroxyl groups is 1. The van der Waals surface area contributed by atoms with E-state index in [1.807, 2.05) is 0 Å². The summed E-state index contributed by atoms with van der Waals surface area (Å²) >= 11 is 0. The zero-order valence-corrected chi connectivity index (χ0v) is 8.50. The minimum Gasteiger partial charge on any atom is -0.405 e. The third-order valence-corrected chi connectivity index (χ3v) is 1.79. The molecule has 0 bridgehead atoms. The van der Waals surface area contributed by atoms with E-state index in [1.165, 1.54) is 6.07 Å². The minimum absolute atomic E-state index is 0.379. The summed E-state index contributed by atoms with van der Waals surface area (Å²) in [6.45, 7) is -0.813. The first-order chi connectivity index (χ1) is 8.28. The fourth-order valence-corrected chi connectivity index (χ4v) is 1.17. The minimum atomic E-state index is -5.19. The summed E-state index contributed by atoms with van der Waals surface area (Å²) in [5.74, 6) is -1.24. The van der Waals surface area contributed by atoms with Gasteiger partial charge in [0.05, 0.1) is 17.9 Å². The number of pyridine rings is 1. The Morgan fingerprint density at radius 2 is 2.06 bits per heavy atom. The van der Waals surface area contributed by atoms with Crippen LogP contribution in [0.1, 0.15) is 23.4 Å². The number of halogens is 5. The highest BCUT2D eigenvalue weighted by Crippen LogP contribution is 2.35. The lowest BCUT2D eigenvalue weighted by atomic mass is 10.1. The molecule has 0 aliphatic heterocycles. The number of aromatic nitrogens is 1. The standard InChI is InChI=1S/C9H5F5N2O2/c10-8(11)7-5(2-15)16-4(3-17)1-6(7)18-9(12,13)14/h1,8,17H,3H2. The third kappa shape index (κ3) is 3.27. The second-order valence-electron chi connectivity index (χ2n) is 2.99. The van der Waals surface area contributed by atoms with E-state index in [-0.39, 0.29) is 5.69 Å². The van der Waals surface area contributed by atoms with Crippen molar-refractivity contribution in [3.05, 3.63) is 23.0 Å². The van der Waals surface area contributed by atoms with Crippen molar-refractivity contribution in [1.82, 2.24) is 4.98 Å². The zero-order valence-electron chi connectivity index (χ0n) is 8.50. The van der Waals surface area contributed by atoms with Gasteiger partial charge in [0.1, 0.15) is 11.8 Å². The van der Waals surface area contributed by atoms with Crippen molar-refractivity contribution in [3.63, 3.8) is 0 Å². The molecule has 0 aliphatic rings. The van der Waals surface area contributed by atoms with Crippen LogP contribution in [0.5, 0.6) is 5.75 Å². The van der Waals surface area contributed by atoms with E-state index in [2.05, 4.69) is 9.72 Å². The van der Waals surface area contributed by atoms with Crippen molar-refractivity contribution >= 4 is 0 Å². The quantitative estimate of drug-likeness (QED) is 0.854. The predicted molar refractivity (Wildman–Crippen MR) is 46.5 cm³/mol.